The van der Waals surface area contributed by atoms with E-state index in [1.807, 2.05) is 6.92 Å². The molecule has 2 aromatic rings. The zero-order valence-electron chi connectivity index (χ0n) is 12.7. The van der Waals surface area contributed by atoms with Gasteiger partial charge in [-0.15, -0.1) is 0 Å². The number of hydrogen-bond donors (Lipinski definition) is 1. The number of aliphatic carboxylic acids is 1. The number of carboxylic acid groups (broad SMARTS) is 1. The SMILES string of the molecule is Cc1ccc(N(CC(=O)O)S(=O)(=O)c2ccc(F)cc2)c(C)c1. The Bertz CT molecular complexity index is 832. The third-order valence-electron chi connectivity index (χ3n) is 3.30. The zero-order chi connectivity index (χ0) is 17.2. The van der Waals surface area contributed by atoms with E-state index >= 15 is 0 Å². The number of nitrogens with zero attached hydrogens (tertiary/aromatic N) is 1. The molecule has 2 rings (SSSR count). The first-order valence-electron chi connectivity index (χ1n) is 6.79. The normalized spacial score (nSPS) is 11.3. The van der Waals surface area contributed by atoms with Crippen LogP contribution in [0.4, 0.5) is 10.1 Å². The molecule has 5 nitrogen and oxygen atoms in total. The monoisotopic (exact) mass is 337 g/mol. The van der Waals surface area contributed by atoms with E-state index in [4.69, 9.17) is 5.11 Å². The molecule has 0 bridgehead atoms. The van der Waals surface area contributed by atoms with Crippen LogP contribution in [0.15, 0.2) is 47.4 Å². The second-order valence-corrected chi connectivity index (χ2v) is 7.01. The van der Waals surface area contributed by atoms with Crippen LogP contribution >= 0.6 is 0 Å². The third-order valence-corrected chi connectivity index (χ3v) is 5.08. The molecular weight excluding hydrogens is 321 g/mol. The third kappa shape index (κ3) is 3.68. The Morgan fingerprint density at radius 1 is 1.13 bits per heavy atom. The van der Waals surface area contributed by atoms with Gasteiger partial charge in [0, 0.05) is 0 Å². The fourth-order valence-electron chi connectivity index (χ4n) is 2.24. The molecule has 0 aromatic heterocycles. The van der Waals surface area contributed by atoms with Gasteiger partial charge >= 0.3 is 5.97 Å². The summed E-state index contributed by atoms with van der Waals surface area (Å²) in [6.07, 6.45) is 0. The molecule has 7 heteroatoms. The minimum atomic E-state index is -4.12. The Labute approximate surface area is 134 Å². The zero-order valence-corrected chi connectivity index (χ0v) is 13.5. The van der Waals surface area contributed by atoms with Crippen LogP contribution in [0.25, 0.3) is 0 Å². The predicted octanol–water partition coefficient (Wildman–Crippen LogP) is 2.72. The fourth-order valence-corrected chi connectivity index (χ4v) is 3.72. The Hall–Kier alpha value is -2.41. The molecule has 0 saturated carbocycles. The van der Waals surface area contributed by atoms with Gasteiger partial charge in [-0.05, 0) is 49.7 Å². The molecule has 0 radical (unpaired) electrons. The summed E-state index contributed by atoms with van der Waals surface area (Å²) in [4.78, 5) is 11.0. The fraction of sp³-hybridized carbons (Fsp3) is 0.188. The molecule has 0 unspecified atom stereocenters. The lowest BCUT2D eigenvalue weighted by molar-refractivity contribution is -0.135. The molecule has 0 heterocycles. The lowest BCUT2D eigenvalue weighted by Crippen LogP contribution is -2.36. The van der Waals surface area contributed by atoms with Gasteiger partial charge in [0.2, 0.25) is 0 Å². The molecule has 0 fully saturated rings. The van der Waals surface area contributed by atoms with Gasteiger partial charge in [0.1, 0.15) is 12.4 Å². The van der Waals surface area contributed by atoms with Gasteiger partial charge < -0.3 is 5.11 Å². The number of aryl methyl sites for hydroxylation is 2. The summed E-state index contributed by atoms with van der Waals surface area (Å²) < 4.78 is 39.3. The summed E-state index contributed by atoms with van der Waals surface area (Å²) in [5.41, 5.74) is 1.85. The first-order valence-corrected chi connectivity index (χ1v) is 8.23. The molecule has 1 N–H and O–H groups in total. The van der Waals surface area contributed by atoms with E-state index in [1.165, 1.54) is 0 Å². The average molecular weight is 337 g/mol. The van der Waals surface area contributed by atoms with Crippen LogP contribution < -0.4 is 4.31 Å². The molecule has 122 valence electrons. The summed E-state index contributed by atoms with van der Waals surface area (Å²) in [7, 11) is -4.12. The highest BCUT2D eigenvalue weighted by molar-refractivity contribution is 7.92. The molecule has 23 heavy (non-hydrogen) atoms. The maximum Gasteiger partial charge on any atom is 0.324 e. The van der Waals surface area contributed by atoms with Crippen molar-refractivity contribution < 1.29 is 22.7 Å². The number of benzene rings is 2. The van der Waals surface area contributed by atoms with Gasteiger partial charge in [-0.3, -0.25) is 9.10 Å². The van der Waals surface area contributed by atoms with Crippen LogP contribution in [-0.2, 0) is 14.8 Å². The number of hydrogen-bond acceptors (Lipinski definition) is 3. The summed E-state index contributed by atoms with van der Waals surface area (Å²) in [5, 5.41) is 9.08. The van der Waals surface area contributed by atoms with Crippen molar-refractivity contribution >= 4 is 21.7 Å². The first kappa shape index (κ1) is 17.0. The number of rotatable bonds is 5. The van der Waals surface area contributed by atoms with Gasteiger partial charge in [-0.2, -0.15) is 0 Å². The van der Waals surface area contributed by atoms with Gasteiger partial charge in [-0.25, -0.2) is 12.8 Å². The number of anilines is 1. The van der Waals surface area contributed by atoms with Crippen molar-refractivity contribution in [2.75, 3.05) is 10.8 Å². The van der Waals surface area contributed by atoms with Gasteiger partial charge in [-0.1, -0.05) is 17.7 Å². The average Bonchev–Trinajstić information content (AvgIpc) is 2.45. The molecular formula is C16H16FNO4S. The maximum absolute atomic E-state index is 13.0. The Balaban J connectivity index is 2.57. The van der Waals surface area contributed by atoms with E-state index in [0.717, 1.165) is 34.1 Å². The Morgan fingerprint density at radius 2 is 1.74 bits per heavy atom. The quantitative estimate of drug-likeness (QED) is 0.910. The van der Waals surface area contributed by atoms with E-state index in [9.17, 15) is 17.6 Å². The van der Waals surface area contributed by atoms with E-state index in [0.29, 0.717) is 5.56 Å². The minimum Gasteiger partial charge on any atom is -0.480 e. The van der Waals surface area contributed by atoms with Crippen LogP contribution in [0.5, 0.6) is 0 Å². The summed E-state index contributed by atoms with van der Waals surface area (Å²) >= 11 is 0. The van der Waals surface area contributed by atoms with E-state index in [-0.39, 0.29) is 10.6 Å². The van der Waals surface area contributed by atoms with Gasteiger partial charge in [0.05, 0.1) is 10.6 Å². The van der Waals surface area contributed by atoms with Crippen LogP contribution in [0.3, 0.4) is 0 Å². The topological polar surface area (TPSA) is 74.7 Å². The molecule has 0 amide bonds. The lowest BCUT2D eigenvalue weighted by atomic mass is 10.1. The highest BCUT2D eigenvalue weighted by Crippen LogP contribution is 2.27. The highest BCUT2D eigenvalue weighted by Gasteiger charge is 2.28. The van der Waals surface area contributed by atoms with Crippen LogP contribution in [-0.4, -0.2) is 26.0 Å². The molecule has 2 aromatic carbocycles. The van der Waals surface area contributed by atoms with Gasteiger partial charge in [0.25, 0.3) is 10.0 Å². The molecule has 0 saturated heterocycles. The second kappa shape index (κ2) is 6.37. The van der Waals surface area contributed by atoms with Crippen LogP contribution in [0, 0.1) is 19.7 Å². The van der Waals surface area contributed by atoms with Crippen molar-refractivity contribution in [1.29, 1.82) is 0 Å². The van der Waals surface area contributed by atoms with E-state index in [2.05, 4.69) is 0 Å². The first-order chi connectivity index (χ1) is 10.7. The lowest BCUT2D eigenvalue weighted by Gasteiger charge is -2.24. The number of carbonyl (C=O) groups is 1. The van der Waals surface area contributed by atoms with Crippen LogP contribution in [0.2, 0.25) is 0 Å². The number of halogens is 1. The molecule has 0 atom stereocenters. The maximum atomic E-state index is 13.0. The summed E-state index contributed by atoms with van der Waals surface area (Å²) in [5.74, 6) is -1.85. The molecule has 0 spiro atoms. The van der Waals surface area contributed by atoms with Crippen LogP contribution in [0.1, 0.15) is 11.1 Å². The number of carboxylic acids is 1. The molecule has 0 aliphatic rings. The molecule has 0 aliphatic heterocycles. The summed E-state index contributed by atoms with van der Waals surface area (Å²) in [6.45, 7) is 2.84. The van der Waals surface area contributed by atoms with Crippen molar-refractivity contribution in [2.45, 2.75) is 18.7 Å². The van der Waals surface area contributed by atoms with Crippen molar-refractivity contribution in [3.63, 3.8) is 0 Å². The minimum absolute atomic E-state index is 0.167. The van der Waals surface area contributed by atoms with Crippen molar-refractivity contribution in [3.8, 4) is 0 Å². The van der Waals surface area contributed by atoms with Crippen molar-refractivity contribution in [1.82, 2.24) is 0 Å². The smallest absolute Gasteiger partial charge is 0.324 e. The Morgan fingerprint density at radius 3 is 2.26 bits per heavy atom. The molecule has 0 aliphatic carbocycles. The largest absolute Gasteiger partial charge is 0.480 e. The van der Waals surface area contributed by atoms with E-state index < -0.39 is 28.4 Å². The highest BCUT2D eigenvalue weighted by atomic mass is 32.2. The van der Waals surface area contributed by atoms with Crippen molar-refractivity contribution in [2.24, 2.45) is 0 Å². The Kier molecular flexibility index (Phi) is 4.70. The standard InChI is InChI=1S/C16H16FNO4S/c1-11-3-8-15(12(2)9-11)18(10-16(19)20)23(21,22)14-6-4-13(17)5-7-14/h3-9H,10H2,1-2H3,(H,19,20). The predicted molar refractivity (Wildman–Crippen MR) is 84.5 cm³/mol. The second-order valence-electron chi connectivity index (χ2n) is 5.15. The summed E-state index contributed by atoms with van der Waals surface area (Å²) in [6, 6.07) is 9.31. The van der Waals surface area contributed by atoms with Crippen molar-refractivity contribution in [3.05, 3.63) is 59.4 Å². The number of sulfonamides is 1. The van der Waals surface area contributed by atoms with Gasteiger partial charge in [0.15, 0.2) is 0 Å². The van der Waals surface area contributed by atoms with E-state index in [1.54, 1.807) is 25.1 Å².